The Morgan fingerprint density at radius 1 is 1.47 bits per heavy atom. The van der Waals surface area contributed by atoms with E-state index in [0.717, 1.165) is 5.56 Å². The van der Waals surface area contributed by atoms with Crippen molar-refractivity contribution in [2.24, 2.45) is 5.73 Å². The van der Waals surface area contributed by atoms with Crippen LogP contribution in [0.5, 0.6) is 11.5 Å². The lowest BCUT2D eigenvalue weighted by molar-refractivity contribution is -0.119. The van der Waals surface area contributed by atoms with Crippen molar-refractivity contribution in [2.45, 2.75) is 13.5 Å². The SMILES string of the molecule is CCONCc1cc(Cl)c(OCC(N)=O)c(OC)c1. The first-order chi connectivity index (χ1) is 9.08. The molecule has 0 saturated carbocycles. The van der Waals surface area contributed by atoms with Gasteiger partial charge in [-0.05, 0) is 24.6 Å². The number of nitrogens with two attached hydrogens (primary N) is 1. The molecule has 7 heteroatoms. The molecule has 6 nitrogen and oxygen atoms in total. The average molecular weight is 289 g/mol. The van der Waals surface area contributed by atoms with Gasteiger partial charge < -0.3 is 20.0 Å². The molecule has 106 valence electrons. The van der Waals surface area contributed by atoms with Crippen LogP contribution in [0, 0.1) is 0 Å². The van der Waals surface area contributed by atoms with E-state index in [1.54, 1.807) is 12.1 Å². The lowest BCUT2D eigenvalue weighted by atomic mass is 10.2. The van der Waals surface area contributed by atoms with Crippen LogP contribution in [0.15, 0.2) is 12.1 Å². The Balaban J connectivity index is 2.84. The monoisotopic (exact) mass is 288 g/mol. The minimum Gasteiger partial charge on any atom is -0.493 e. The summed E-state index contributed by atoms with van der Waals surface area (Å²) < 4.78 is 10.4. The topological polar surface area (TPSA) is 82.8 Å². The summed E-state index contributed by atoms with van der Waals surface area (Å²) >= 11 is 6.08. The van der Waals surface area contributed by atoms with Gasteiger partial charge in [-0.25, -0.2) is 0 Å². The smallest absolute Gasteiger partial charge is 0.255 e. The van der Waals surface area contributed by atoms with Crippen LogP contribution in [0.1, 0.15) is 12.5 Å². The lowest BCUT2D eigenvalue weighted by Gasteiger charge is -2.13. The summed E-state index contributed by atoms with van der Waals surface area (Å²) in [6, 6.07) is 3.45. The van der Waals surface area contributed by atoms with Gasteiger partial charge in [0.25, 0.3) is 5.91 Å². The second-order valence-corrected chi connectivity index (χ2v) is 4.03. The molecule has 1 aromatic carbocycles. The van der Waals surface area contributed by atoms with E-state index in [9.17, 15) is 4.79 Å². The fraction of sp³-hybridized carbons (Fsp3) is 0.417. The van der Waals surface area contributed by atoms with Gasteiger partial charge in [0.05, 0.1) is 18.7 Å². The number of nitrogens with one attached hydrogen (secondary N) is 1. The first-order valence-electron chi connectivity index (χ1n) is 5.70. The fourth-order valence-corrected chi connectivity index (χ4v) is 1.68. The number of ether oxygens (including phenoxy) is 2. The van der Waals surface area contributed by atoms with Gasteiger partial charge in [-0.2, -0.15) is 5.48 Å². The van der Waals surface area contributed by atoms with E-state index < -0.39 is 5.91 Å². The van der Waals surface area contributed by atoms with Crippen molar-refractivity contribution in [1.29, 1.82) is 0 Å². The van der Waals surface area contributed by atoms with Gasteiger partial charge in [-0.1, -0.05) is 11.6 Å². The third-order valence-electron chi connectivity index (χ3n) is 2.17. The molecular formula is C12H17ClN2O4. The molecule has 19 heavy (non-hydrogen) atoms. The summed E-state index contributed by atoms with van der Waals surface area (Å²) in [6.45, 7) is 2.65. The number of hydroxylamine groups is 1. The van der Waals surface area contributed by atoms with Crippen molar-refractivity contribution in [1.82, 2.24) is 5.48 Å². The summed E-state index contributed by atoms with van der Waals surface area (Å²) in [6.07, 6.45) is 0. The molecule has 0 saturated heterocycles. The first-order valence-corrected chi connectivity index (χ1v) is 6.08. The zero-order valence-electron chi connectivity index (χ0n) is 10.9. The molecule has 0 aliphatic rings. The largest absolute Gasteiger partial charge is 0.493 e. The molecule has 0 spiro atoms. The van der Waals surface area contributed by atoms with Crippen LogP contribution in [-0.4, -0.2) is 26.2 Å². The highest BCUT2D eigenvalue weighted by atomic mass is 35.5. The second kappa shape index (κ2) is 7.83. The Bertz CT molecular complexity index is 440. The van der Waals surface area contributed by atoms with Crippen LogP contribution >= 0.6 is 11.6 Å². The van der Waals surface area contributed by atoms with Crippen molar-refractivity contribution in [2.75, 3.05) is 20.3 Å². The van der Waals surface area contributed by atoms with E-state index in [1.165, 1.54) is 7.11 Å². The van der Waals surface area contributed by atoms with E-state index in [0.29, 0.717) is 29.7 Å². The third kappa shape index (κ3) is 4.94. The Labute approximate surface area is 116 Å². The molecule has 0 bridgehead atoms. The highest BCUT2D eigenvalue weighted by Crippen LogP contribution is 2.36. The van der Waals surface area contributed by atoms with Crippen LogP contribution in [0.3, 0.4) is 0 Å². The Hall–Kier alpha value is -1.50. The van der Waals surface area contributed by atoms with E-state index in [4.69, 9.17) is 31.6 Å². The predicted octanol–water partition coefficient (Wildman–Crippen LogP) is 1.25. The predicted molar refractivity (Wildman–Crippen MR) is 71.2 cm³/mol. The maximum atomic E-state index is 10.7. The standard InChI is InChI=1S/C12H17ClN2O4/c1-3-19-15-6-8-4-9(13)12(10(5-8)17-2)18-7-11(14)16/h4-5,15H,3,6-7H2,1-2H3,(H2,14,16). The Morgan fingerprint density at radius 3 is 2.79 bits per heavy atom. The summed E-state index contributed by atoms with van der Waals surface area (Å²) in [5, 5.41) is 0.342. The van der Waals surface area contributed by atoms with Crippen molar-refractivity contribution < 1.29 is 19.1 Å². The molecule has 0 aliphatic carbocycles. The number of halogens is 1. The van der Waals surface area contributed by atoms with E-state index >= 15 is 0 Å². The number of carbonyl (C=O) groups is 1. The highest BCUT2D eigenvalue weighted by molar-refractivity contribution is 6.32. The number of rotatable bonds is 8. The molecule has 0 aliphatic heterocycles. The van der Waals surface area contributed by atoms with E-state index in [-0.39, 0.29) is 6.61 Å². The van der Waals surface area contributed by atoms with Crippen LogP contribution < -0.4 is 20.7 Å². The van der Waals surface area contributed by atoms with Gasteiger partial charge in [0, 0.05) is 6.54 Å². The molecule has 0 aromatic heterocycles. The zero-order chi connectivity index (χ0) is 14.3. The molecule has 0 fully saturated rings. The summed E-state index contributed by atoms with van der Waals surface area (Å²) in [7, 11) is 1.49. The van der Waals surface area contributed by atoms with Gasteiger partial charge in [0.1, 0.15) is 0 Å². The molecule has 3 N–H and O–H groups in total. The highest BCUT2D eigenvalue weighted by Gasteiger charge is 2.13. The van der Waals surface area contributed by atoms with Crippen molar-refractivity contribution in [3.05, 3.63) is 22.7 Å². The summed E-state index contributed by atoms with van der Waals surface area (Å²) in [5.74, 6) is 0.144. The summed E-state index contributed by atoms with van der Waals surface area (Å²) in [4.78, 5) is 15.7. The van der Waals surface area contributed by atoms with E-state index in [2.05, 4.69) is 5.48 Å². The molecule has 1 aromatic rings. The number of methoxy groups -OCH3 is 1. The molecular weight excluding hydrogens is 272 g/mol. The minimum atomic E-state index is -0.583. The van der Waals surface area contributed by atoms with E-state index in [1.807, 2.05) is 6.92 Å². The number of amides is 1. The van der Waals surface area contributed by atoms with Crippen LogP contribution in [-0.2, 0) is 16.2 Å². The number of primary amides is 1. The second-order valence-electron chi connectivity index (χ2n) is 3.62. The van der Waals surface area contributed by atoms with Crippen LogP contribution in [0.25, 0.3) is 0 Å². The Kier molecular flexibility index (Phi) is 6.41. The first kappa shape index (κ1) is 15.6. The number of hydrogen-bond acceptors (Lipinski definition) is 5. The minimum absolute atomic E-state index is 0.257. The maximum Gasteiger partial charge on any atom is 0.255 e. The quantitative estimate of drug-likeness (QED) is 0.556. The zero-order valence-corrected chi connectivity index (χ0v) is 11.6. The van der Waals surface area contributed by atoms with Crippen molar-refractivity contribution in [3.8, 4) is 11.5 Å². The van der Waals surface area contributed by atoms with Gasteiger partial charge >= 0.3 is 0 Å². The molecule has 0 radical (unpaired) electrons. The van der Waals surface area contributed by atoms with Gasteiger partial charge in [-0.15, -0.1) is 0 Å². The summed E-state index contributed by atoms with van der Waals surface area (Å²) in [5.41, 5.74) is 8.65. The van der Waals surface area contributed by atoms with Crippen molar-refractivity contribution in [3.63, 3.8) is 0 Å². The van der Waals surface area contributed by atoms with Crippen LogP contribution in [0.2, 0.25) is 5.02 Å². The maximum absolute atomic E-state index is 10.7. The normalized spacial score (nSPS) is 10.3. The van der Waals surface area contributed by atoms with Gasteiger partial charge in [0.2, 0.25) is 0 Å². The van der Waals surface area contributed by atoms with Gasteiger partial charge in [-0.3, -0.25) is 4.79 Å². The van der Waals surface area contributed by atoms with Crippen LogP contribution in [0.4, 0.5) is 0 Å². The number of hydrogen-bond donors (Lipinski definition) is 2. The number of benzene rings is 1. The molecule has 0 unspecified atom stereocenters. The van der Waals surface area contributed by atoms with Crippen molar-refractivity contribution >= 4 is 17.5 Å². The Morgan fingerprint density at radius 2 is 2.21 bits per heavy atom. The average Bonchev–Trinajstić information content (AvgIpc) is 2.37. The molecule has 1 rings (SSSR count). The lowest BCUT2D eigenvalue weighted by Crippen LogP contribution is -2.20. The number of carbonyl (C=O) groups excluding carboxylic acids is 1. The fourth-order valence-electron chi connectivity index (χ4n) is 1.40. The molecule has 1 amide bonds. The third-order valence-corrected chi connectivity index (χ3v) is 2.45. The molecule has 0 atom stereocenters. The molecule has 0 heterocycles. The van der Waals surface area contributed by atoms with Gasteiger partial charge in [0.15, 0.2) is 18.1 Å².